The van der Waals surface area contributed by atoms with E-state index in [9.17, 15) is 14.9 Å². The molecule has 0 atom stereocenters. The third-order valence-electron chi connectivity index (χ3n) is 2.89. The number of nitrogens with one attached hydrogen (secondary N) is 1. The fourth-order valence-corrected chi connectivity index (χ4v) is 2.13. The van der Waals surface area contributed by atoms with Crippen LogP contribution >= 0.6 is 11.6 Å². The minimum atomic E-state index is -0.627. The minimum Gasteiger partial charge on any atom is -0.320 e. The zero-order valence-electron chi connectivity index (χ0n) is 11.4. The Morgan fingerprint density at radius 1 is 1.29 bits per heavy atom. The van der Waals surface area contributed by atoms with E-state index in [1.165, 1.54) is 18.2 Å². The van der Waals surface area contributed by atoms with Crippen molar-refractivity contribution in [3.63, 3.8) is 0 Å². The van der Waals surface area contributed by atoms with Crippen molar-refractivity contribution in [2.24, 2.45) is 0 Å². The van der Waals surface area contributed by atoms with E-state index >= 15 is 0 Å². The average Bonchev–Trinajstić information content (AvgIpc) is 2.41. The van der Waals surface area contributed by atoms with Crippen molar-refractivity contribution >= 4 is 28.9 Å². The number of carbonyl (C=O) groups excluding carboxylic acids is 1. The third-order valence-corrected chi connectivity index (χ3v) is 3.29. The van der Waals surface area contributed by atoms with Gasteiger partial charge in [-0.3, -0.25) is 19.9 Å². The number of aromatic nitrogens is 1. The summed E-state index contributed by atoms with van der Waals surface area (Å²) in [5, 5.41) is 13.3. The van der Waals surface area contributed by atoms with Crippen LogP contribution in [0.4, 0.5) is 11.4 Å². The van der Waals surface area contributed by atoms with Crippen molar-refractivity contribution in [2.75, 3.05) is 5.32 Å². The molecule has 2 aromatic rings. The molecule has 0 saturated carbocycles. The predicted octanol–water partition coefficient (Wildman–Crippen LogP) is 3.51. The van der Waals surface area contributed by atoms with Crippen LogP contribution in [0.1, 0.15) is 21.7 Å². The number of nitrogens with zero attached hydrogens (tertiary/aromatic N) is 2. The molecule has 0 fully saturated rings. The molecule has 1 amide bonds. The lowest BCUT2D eigenvalue weighted by molar-refractivity contribution is -0.384. The van der Waals surface area contributed by atoms with Crippen molar-refractivity contribution in [1.82, 2.24) is 4.98 Å². The molecule has 0 aliphatic heterocycles. The summed E-state index contributed by atoms with van der Waals surface area (Å²) in [6.45, 7) is 3.60. The zero-order valence-corrected chi connectivity index (χ0v) is 12.1. The number of carbonyl (C=O) groups is 1. The van der Waals surface area contributed by atoms with Gasteiger partial charge < -0.3 is 5.32 Å². The van der Waals surface area contributed by atoms with Gasteiger partial charge >= 0.3 is 0 Å². The second kappa shape index (κ2) is 5.88. The fraction of sp³-hybridized carbons (Fsp3) is 0.143. The van der Waals surface area contributed by atoms with Gasteiger partial charge in [-0.05, 0) is 32.0 Å². The summed E-state index contributed by atoms with van der Waals surface area (Å²) in [6.07, 6.45) is 0. The molecule has 0 saturated heterocycles. The van der Waals surface area contributed by atoms with Crippen molar-refractivity contribution in [3.8, 4) is 0 Å². The Hall–Kier alpha value is -2.47. The molecule has 108 valence electrons. The maximum absolute atomic E-state index is 12.2. The van der Waals surface area contributed by atoms with Gasteiger partial charge in [-0.15, -0.1) is 0 Å². The first-order valence-electron chi connectivity index (χ1n) is 6.08. The van der Waals surface area contributed by atoms with E-state index in [-0.39, 0.29) is 16.3 Å². The number of anilines is 1. The number of pyridine rings is 1. The van der Waals surface area contributed by atoms with Gasteiger partial charge in [-0.25, -0.2) is 0 Å². The number of amides is 1. The number of aryl methyl sites for hydroxylation is 2. The van der Waals surface area contributed by atoms with E-state index in [0.717, 1.165) is 5.69 Å². The molecule has 2 rings (SSSR count). The summed E-state index contributed by atoms with van der Waals surface area (Å²) >= 11 is 5.91. The number of hydrogen-bond donors (Lipinski definition) is 1. The van der Waals surface area contributed by atoms with Gasteiger partial charge in [0.05, 0.1) is 21.9 Å². The largest absolute Gasteiger partial charge is 0.320 e. The highest BCUT2D eigenvalue weighted by molar-refractivity contribution is 6.36. The Morgan fingerprint density at radius 2 is 2.00 bits per heavy atom. The molecule has 0 bridgehead atoms. The molecule has 0 unspecified atom stereocenters. The van der Waals surface area contributed by atoms with Crippen molar-refractivity contribution in [2.45, 2.75) is 13.8 Å². The number of benzene rings is 1. The van der Waals surface area contributed by atoms with Gasteiger partial charge in [0.2, 0.25) is 0 Å². The highest BCUT2D eigenvalue weighted by atomic mass is 35.5. The molecule has 1 N–H and O–H groups in total. The van der Waals surface area contributed by atoms with Crippen LogP contribution in [0.25, 0.3) is 0 Å². The van der Waals surface area contributed by atoms with Crippen LogP contribution in [-0.4, -0.2) is 15.8 Å². The normalized spacial score (nSPS) is 10.2. The molecule has 1 aromatic heterocycles. The van der Waals surface area contributed by atoms with Gasteiger partial charge in [-0.1, -0.05) is 17.7 Å². The van der Waals surface area contributed by atoms with Gasteiger partial charge in [0.25, 0.3) is 11.6 Å². The lowest BCUT2D eigenvalue weighted by Crippen LogP contribution is -2.14. The maximum Gasteiger partial charge on any atom is 0.288 e. The number of nitro groups is 1. The Bertz CT molecular complexity index is 731. The Kier molecular flexibility index (Phi) is 4.18. The van der Waals surface area contributed by atoms with Gasteiger partial charge in [-0.2, -0.15) is 0 Å². The van der Waals surface area contributed by atoms with E-state index < -0.39 is 10.8 Å². The van der Waals surface area contributed by atoms with Crippen LogP contribution in [0.15, 0.2) is 30.3 Å². The van der Waals surface area contributed by atoms with Crippen LogP contribution in [0.5, 0.6) is 0 Å². The van der Waals surface area contributed by atoms with E-state index in [0.29, 0.717) is 11.4 Å². The molecule has 7 heteroatoms. The van der Waals surface area contributed by atoms with E-state index in [4.69, 9.17) is 11.6 Å². The highest BCUT2D eigenvalue weighted by Gasteiger charge is 2.20. The van der Waals surface area contributed by atoms with E-state index in [1.807, 2.05) is 6.92 Å². The molecule has 1 aromatic carbocycles. The Labute approximate surface area is 125 Å². The summed E-state index contributed by atoms with van der Waals surface area (Å²) in [5.74, 6) is -0.516. The van der Waals surface area contributed by atoms with Crippen LogP contribution in [0.3, 0.4) is 0 Å². The maximum atomic E-state index is 12.2. The first-order valence-corrected chi connectivity index (χ1v) is 6.46. The molecule has 6 nitrogen and oxygen atoms in total. The molecule has 0 aliphatic rings. The Morgan fingerprint density at radius 3 is 2.62 bits per heavy atom. The highest BCUT2D eigenvalue weighted by Crippen LogP contribution is 2.28. The lowest BCUT2D eigenvalue weighted by atomic mass is 10.1. The number of nitro benzene ring substituents is 1. The third kappa shape index (κ3) is 3.17. The molecule has 21 heavy (non-hydrogen) atoms. The van der Waals surface area contributed by atoms with Crippen LogP contribution in [0.2, 0.25) is 5.02 Å². The summed E-state index contributed by atoms with van der Waals surface area (Å²) in [5.41, 5.74) is 1.77. The molecule has 1 heterocycles. The average molecular weight is 306 g/mol. The first-order chi connectivity index (χ1) is 9.90. The van der Waals surface area contributed by atoms with Gasteiger partial charge in [0.1, 0.15) is 5.02 Å². The van der Waals surface area contributed by atoms with Gasteiger partial charge in [0.15, 0.2) is 0 Å². The molecule has 0 aliphatic carbocycles. The topological polar surface area (TPSA) is 85.1 Å². The summed E-state index contributed by atoms with van der Waals surface area (Å²) < 4.78 is 0. The first kappa shape index (κ1) is 14.9. The van der Waals surface area contributed by atoms with Crippen molar-refractivity contribution in [3.05, 3.63) is 62.4 Å². The second-order valence-electron chi connectivity index (χ2n) is 4.44. The zero-order chi connectivity index (χ0) is 15.6. The Balaban J connectivity index is 2.33. The van der Waals surface area contributed by atoms with E-state index in [2.05, 4.69) is 10.3 Å². The number of hydrogen-bond acceptors (Lipinski definition) is 4. The predicted molar refractivity (Wildman–Crippen MR) is 79.8 cm³/mol. The monoisotopic (exact) mass is 305 g/mol. The number of rotatable bonds is 3. The summed E-state index contributed by atoms with van der Waals surface area (Å²) in [4.78, 5) is 26.6. The fourth-order valence-electron chi connectivity index (χ4n) is 1.84. The molecule has 0 radical (unpaired) electrons. The smallest absolute Gasteiger partial charge is 0.288 e. The van der Waals surface area contributed by atoms with Crippen LogP contribution in [-0.2, 0) is 0 Å². The second-order valence-corrected chi connectivity index (χ2v) is 4.81. The lowest BCUT2D eigenvalue weighted by Gasteiger charge is -2.09. The quantitative estimate of drug-likeness (QED) is 0.694. The van der Waals surface area contributed by atoms with Crippen molar-refractivity contribution in [1.29, 1.82) is 0 Å². The van der Waals surface area contributed by atoms with Crippen molar-refractivity contribution < 1.29 is 9.72 Å². The standard InChI is InChI=1S/C14H12ClN3O3/c1-8-6-7-11(9(2)16-8)17-14(19)10-4-3-5-12(13(10)15)18(20)21/h3-7H,1-2H3,(H,17,19). The van der Waals surface area contributed by atoms with Crippen LogP contribution in [0, 0.1) is 24.0 Å². The molecular weight excluding hydrogens is 294 g/mol. The SMILES string of the molecule is Cc1ccc(NC(=O)c2cccc([N+](=O)[O-])c2Cl)c(C)n1. The van der Waals surface area contributed by atoms with E-state index in [1.54, 1.807) is 19.1 Å². The van der Waals surface area contributed by atoms with Crippen LogP contribution < -0.4 is 5.32 Å². The minimum absolute atomic E-state index is 0.0471. The van der Waals surface area contributed by atoms with Gasteiger partial charge in [0, 0.05) is 11.8 Å². The summed E-state index contributed by atoms with van der Waals surface area (Å²) in [7, 11) is 0. The molecule has 0 spiro atoms. The molecular formula is C14H12ClN3O3. The summed E-state index contributed by atoms with van der Waals surface area (Å²) in [6, 6.07) is 7.58. The number of halogens is 1.